The van der Waals surface area contributed by atoms with Gasteiger partial charge in [-0.2, -0.15) is 0 Å². The van der Waals surface area contributed by atoms with Crippen LogP contribution in [0.1, 0.15) is 92.4 Å². The Balaban J connectivity index is 0.000000182. The Morgan fingerprint density at radius 1 is 0.683 bits per heavy atom. The Kier molecular flexibility index (Phi) is 14.0. The van der Waals surface area contributed by atoms with E-state index in [0.29, 0.717) is 33.7 Å². The molecule has 0 atom stereocenters. The molecule has 3 N–H and O–H groups in total. The molecule has 2 fully saturated rings. The van der Waals surface area contributed by atoms with E-state index in [2.05, 4.69) is 25.8 Å². The van der Waals surface area contributed by atoms with E-state index in [1.807, 2.05) is 69.4 Å². The summed E-state index contributed by atoms with van der Waals surface area (Å²) in [6.45, 7) is 9.02. The first-order valence-corrected chi connectivity index (χ1v) is 22.6. The lowest BCUT2D eigenvalue weighted by Crippen LogP contribution is -2.29. The minimum absolute atomic E-state index is 0.193. The third-order valence-electron chi connectivity index (χ3n) is 10.2. The van der Waals surface area contributed by atoms with Crippen LogP contribution in [0, 0.1) is 29.1 Å². The first-order chi connectivity index (χ1) is 28.9. The molecule has 2 saturated heterocycles. The Bertz CT molecular complexity index is 2480. The molecule has 12 nitrogen and oxygen atoms in total. The molecule has 60 heavy (non-hydrogen) atoms. The van der Waals surface area contributed by atoms with Crippen molar-refractivity contribution in [1.82, 2.24) is 19.1 Å². The molecule has 314 valence electrons. The van der Waals surface area contributed by atoms with Gasteiger partial charge in [0.15, 0.2) is 10.3 Å². The fraction of sp³-hybridized carbons (Fsp3) is 0.326. The van der Waals surface area contributed by atoms with Crippen LogP contribution in [-0.4, -0.2) is 68.2 Å². The number of amides is 2. The van der Waals surface area contributed by atoms with Crippen LogP contribution in [0.4, 0.5) is 30.4 Å². The molecule has 2 aliphatic rings. The van der Waals surface area contributed by atoms with Crippen LogP contribution in [0.3, 0.4) is 0 Å². The molecule has 6 heterocycles. The smallest absolute Gasteiger partial charge is 0.338 e. The van der Waals surface area contributed by atoms with Crippen molar-refractivity contribution in [2.45, 2.75) is 65.5 Å². The van der Waals surface area contributed by atoms with Gasteiger partial charge in [-0.25, -0.2) is 23.5 Å². The number of nitrogens with zero attached hydrogens (tertiary/aromatic N) is 6. The fourth-order valence-electron chi connectivity index (χ4n) is 7.23. The first-order valence-electron chi connectivity index (χ1n) is 19.7. The minimum Gasteiger partial charge on any atom is -0.478 e. The van der Waals surface area contributed by atoms with Crippen molar-refractivity contribution >= 4 is 84.7 Å². The summed E-state index contributed by atoms with van der Waals surface area (Å²) < 4.78 is 32.0. The van der Waals surface area contributed by atoms with Crippen LogP contribution in [0.15, 0.2) is 71.7 Å². The number of carbonyl (C=O) groups is 3. The summed E-state index contributed by atoms with van der Waals surface area (Å²) in [4.78, 5) is 50.8. The van der Waals surface area contributed by atoms with Gasteiger partial charge in [-0.05, 0) is 135 Å². The summed E-state index contributed by atoms with van der Waals surface area (Å²) >= 11 is 5.20. The van der Waals surface area contributed by atoms with Crippen LogP contribution in [-0.2, 0) is 13.1 Å². The quantitative estimate of drug-likeness (QED) is 0.109. The zero-order chi connectivity index (χ0) is 42.3. The molecule has 0 saturated carbocycles. The van der Waals surface area contributed by atoms with Crippen molar-refractivity contribution in [2.24, 2.45) is 0 Å². The Morgan fingerprint density at radius 3 is 1.57 bits per heavy atom. The maximum atomic E-state index is 13.9. The molecular formula is C43H45F2IN8O4S2. The summed E-state index contributed by atoms with van der Waals surface area (Å²) in [6, 6.07) is 11.8. The molecule has 6 aromatic rings. The predicted molar refractivity (Wildman–Crippen MR) is 241 cm³/mol. The van der Waals surface area contributed by atoms with Gasteiger partial charge in [0.1, 0.15) is 23.0 Å². The zero-order valence-electron chi connectivity index (χ0n) is 33.2. The third kappa shape index (κ3) is 10.8. The second-order valence-electron chi connectivity index (χ2n) is 14.9. The van der Waals surface area contributed by atoms with Crippen molar-refractivity contribution in [1.29, 1.82) is 0 Å². The maximum absolute atomic E-state index is 13.9. The number of carbonyl (C=O) groups excluding carboxylic acids is 2. The van der Waals surface area contributed by atoms with Crippen molar-refractivity contribution in [3.05, 3.63) is 126 Å². The maximum Gasteiger partial charge on any atom is 0.338 e. The Morgan fingerprint density at radius 2 is 1.13 bits per heavy atom. The SMILES string of the molecule is Cc1cc(C(=O)Nc2ccc(C(=O)O)c(F)c2)n(Cc2csc(N3CCCCC3)n2)c1.Cc1cc(C(=O)Nc2ccc(I)c(F)c2)n(Cc2csc(N3CCCCC3)n2)c1. The van der Waals surface area contributed by atoms with E-state index in [9.17, 15) is 23.2 Å². The number of nitrogens with one attached hydrogen (secondary N) is 2. The van der Waals surface area contributed by atoms with Gasteiger partial charge in [-0.1, -0.05) is 0 Å². The first kappa shape index (κ1) is 43.0. The standard InChI is InChI=1S/C22H23FN4O3S.C21H22FIN4OS/c1-14-9-19(20(28)24-15-5-6-17(21(29)30)18(23)10-15)27(11-14)12-16-13-31-22(25-16)26-7-3-2-4-8-26;1-14-9-19(20(28)24-15-5-6-18(23)17(22)10-15)27(11-14)12-16-13-29-21(25-16)26-7-3-2-4-8-26/h5-6,9-11,13H,2-4,7-8,12H2,1H3,(H,24,28)(H,29,30);5-6,9-11,13H,2-4,7-8,12H2,1H3,(H,24,28). The highest BCUT2D eigenvalue weighted by atomic mass is 127. The molecule has 8 rings (SSSR count). The average molecular weight is 967 g/mol. The van der Waals surface area contributed by atoms with Crippen LogP contribution >= 0.6 is 45.3 Å². The number of aromatic carboxylic acids is 1. The number of aryl methyl sites for hydroxylation is 2. The van der Waals surface area contributed by atoms with Gasteiger partial charge in [-0.3, -0.25) is 9.59 Å². The van der Waals surface area contributed by atoms with Crippen LogP contribution in [0.25, 0.3) is 0 Å². The van der Waals surface area contributed by atoms with E-state index < -0.39 is 23.3 Å². The highest BCUT2D eigenvalue weighted by molar-refractivity contribution is 14.1. The van der Waals surface area contributed by atoms with Crippen molar-refractivity contribution < 1.29 is 28.3 Å². The van der Waals surface area contributed by atoms with Gasteiger partial charge >= 0.3 is 5.97 Å². The number of rotatable bonds is 11. The van der Waals surface area contributed by atoms with Crippen molar-refractivity contribution in [3.63, 3.8) is 0 Å². The molecule has 2 aliphatic heterocycles. The monoisotopic (exact) mass is 966 g/mol. The molecule has 0 unspecified atom stereocenters. The Hall–Kier alpha value is -5.14. The van der Waals surface area contributed by atoms with Gasteiger partial charge < -0.3 is 34.7 Å². The average Bonchev–Trinajstić information content (AvgIpc) is 4.05. The number of aromatic nitrogens is 4. The number of benzene rings is 2. The molecule has 0 radical (unpaired) electrons. The molecule has 4 aromatic heterocycles. The number of halogens is 3. The summed E-state index contributed by atoms with van der Waals surface area (Å²) in [5.41, 5.74) is 4.90. The molecule has 17 heteroatoms. The lowest BCUT2D eigenvalue weighted by atomic mass is 10.1. The van der Waals surface area contributed by atoms with Gasteiger partial charge in [0, 0.05) is 64.3 Å². The van der Waals surface area contributed by atoms with Gasteiger partial charge in [0.05, 0.1) is 30.0 Å². The van der Waals surface area contributed by atoms with E-state index in [1.165, 1.54) is 50.7 Å². The minimum atomic E-state index is -1.35. The van der Waals surface area contributed by atoms with E-state index in [4.69, 9.17) is 15.1 Å². The van der Waals surface area contributed by atoms with Crippen LogP contribution in [0.5, 0.6) is 0 Å². The summed E-state index contributed by atoms with van der Waals surface area (Å²) in [6.07, 6.45) is 11.2. The lowest BCUT2D eigenvalue weighted by Gasteiger charge is -2.25. The van der Waals surface area contributed by atoms with E-state index >= 15 is 0 Å². The number of hydrogen-bond acceptors (Lipinski definition) is 9. The largest absolute Gasteiger partial charge is 0.478 e. The Labute approximate surface area is 368 Å². The van der Waals surface area contributed by atoms with Crippen LogP contribution < -0.4 is 20.4 Å². The van der Waals surface area contributed by atoms with E-state index in [0.717, 1.165) is 71.1 Å². The summed E-state index contributed by atoms with van der Waals surface area (Å²) in [5.74, 6) is -3.26. The third-order valence-corrected chi connectivity index (χ3v) is 12.9. The molecule has 0 aliphatic carbocycles. The molecular weight excluding hydrogens is 922 g/mol. The number of piperidine rings is 2. The number of anilines is 4. The summed E-state index contributed by atoms with van der Waals surface area (Å²) in [5, 5.41) is 20.5. The van der Waals surface area contributed by atoms with Gasteiger partial charge in [0.25, 0.3) is 11.8 Å². The topological polar surface area (TPSA) is 138 Å². The van der Waals surface area contributed by atoms with Crippen LogP contribution in [0.2, 0.25) is 0 Å². The van der Waals surface area contributed by atoms with Gasteiger partial charge in [0.2, 0.25) is 0 Å². The molecule has 0 bridgehead atoms. The number of carboxylic acid groups (broad SMARTS) is 1. The van der Waals surface area contributed by atoms with Crippen molar-refractivity contribution in [2.75, 3.05) is 46.6 Å². The number of hydrogen-bond donors (Lipinski definition) is 3. The normalized spacial score (nSPS) is 14.1. The van der Waals surface area contributed by atoms with Crippen molar-refractivity contribution in [3.8, 4) is 0 Å². The van der Waals surface area contributed by atoms with E-state index in [1.54, 1.807) is 40.9 Å². The zero-order valence-corrected chi connectivity index (χ0v) is 37.0. The number of thiazole rings is 2. The second-order valence-corrected chi connectivity index (χ2v) is 17.8. The lowest BCUT2D eigenvalue weighted by molar-refractivity contribution is 0.0691. The fourth-order valence-corrected chi connectivity index (χ4v) is 9.31. The van der Waals surface area contributed by atoms with Gasteiger partial charge in [-0.15, -0.1) is 22.7 Å². The van der Waals surface area contributed by atoms with E-state index in [-0.39, 0.29) is 17.4 Å². The highest BCUT2D eigenvalue weighted by Gasteiger charge is 2.20. The second kappa shape index (κ2) is 19.5. The molecule has 0 spiro atoms. The number of carboxylic acids is 1. The summed E-state index contributed by atoms with van der Waals surface area (Å²) in [7, 11) is 0. The molecule has 2 aromatic carbocycles. The predicted octanol–water partition coefficient (Wildman–Crippen LogP) is 9.67. The highest BCUT2D eigenvalue weighted by Crippen LogP contribution is 2.27. The molecule has 2 amide bonds.